The number of nitrogens with one attached hydrogen (secondary N) is 1. The van der Waals surface area contributed by atoms with E-state index in [9.17, 15) is 19.8 Å². The van der Waals surface area contributed by atoms with Crippen LogP contribution >= 0.6 is 0 Å². The molecule has 0 spiro atoms. The van der Waals surface area contributed by atoms with Crippen LogP contribution in [-0.2, 0) is 14.3 Å². The number of aliphatic hydroxyl groups is 2. The Hall–Kier alpha value is -2.70. The average molecular weight is 810 g/mol. The summed E-state index contributed by atoms with van der Waals surface area (Å²) < 4.78 is 5.81. The van der Waals surface area contributed by atoms with Crippen LogP contribution in [0.1, 0.15) is 220 Å². The first-order valence-electron chi connectivity index (χ1n) is 24.2. The molecule has 3 N–H and O–H groups in total. The average Bonchev–Trinajstić information content (AvgIpc) is 3.22. The summed E-state index contributed by atoms with van der Waals surface area (Å²) >= 11 is 0. The first-order chi connectivity index (χ1) is 28.5. The van der Waals surface area contributed by atoms with E-state index >= 15 is 0 Å². The largest absolute Gasteiger partial charge is 0.461 e. The predicted octanol–water partition coefficient (Wildman–Crippen LogP) is 14.2. The standard InChI is InChI=1S/C52H91NO5/c1-4-7-10-13-16-19-22-24-25-27-29-32-35-38-41-44-50(55)49(47-54)53-51(56)46-48(43-40-37-34-31-28-21-18-15-12-9-6-3)58-52(57)45-42-39-36-33-30-26-23-20-17-14-11-8-5-2/h9,12,15,18,21,26,28,30-31,34,37,40,48-50,54-55H,4-8,10-11,13-14,16-17,19-20,22-25,27,29,32-33,35-36,38-39,41-47H2,1-3H3,(H,53,56)/b12-9+,18-15+,28-21-,30-26-,34-31-,40-37+. The van der Waals surface area contributed by atoms with Gasteiger partial charge in [0.1, 0.15) is 6.10 Å². The van der Waals surface area contributed by atoms with Crippen LogP contribution in [0.5, 0.6) is 0 Å². The van der Waals surface area contributed by atoms with Gasteiger partial charge < -0.3 is 20.3 Å². The molecule has 0 heterocycles. The lowest BCUT2D eigenvalue weighted by atomic mass is 10.0. The van der Waals surface area contributed by atoms with E-state index in [4.69, 9.17) is 4.74 Å². The number of rotatable bonds is 42. The summed E-state index contributed by atoms with van der Waals surface area (Å²) in [6.07, 6.45) is 57.0. The molecule has 334 valence electrons. The second kappa shape index (κ2) is 45.4. The Bertz CT molecular complexity index is 1090. The lowest BCUT2D eigenvalue weighted by molar-refractivity contribution is -0.150. The Kier molecular flexibility index (Phi) is 43.3. The summed E-state index contributed by atoms with van der Waals surface area (Å²) in [5, 5.41) is 23.6. The van der Waals surface area contributed by atoms with E-state index in [1.54, 1.807) is 0 Å². The maximum atomic E-state index is 13.1. The van der Waals surface area contributed by atoms with Crippen molar-refractivity contribution in [1.82, 2.24) is 5.32 Å². The van der Waals surface area contributed by atoms with Crippen molar-refractivity contribution in [3.8, 4) is 0 Å². The fraction of sp³-hybridized carbons (Fsp3) is 0.731. The van der Waals surface area contributed by atoms with Crippen molar-refractivity contribution in [2.75, 3.05) is 6.61 Å². The molecule has 0 radical (unpaired) electrons. The number of allylic oxidation sites excluding steroid dienone is 11. The van der Waals surface area contributed by atoms with E-state index < -0.39 is 18.2 Å². The Labute approximate surface area is 358 Å². The number of hydrogen-bond acceptors (Lipinski definition) is 5. The highest BCUT2D eigenvalue weighted by molar-refractivity contribution is 5.77. The van der Waals surface area contributed by atoms with E-state index in [1.807, 2.05) is 54.7 Å². The molecule has 6 heteroatoms. The van der Waals surface area contributed by atoms with Crippen LogP contribution in [0.2, 0.25) is 0 Å². The molecule has 0 saturated carbocycles. The van der Waals surface area contributed by atoms with Crippen molar-refractivity contribution >= 4 is 11.9 Å². The van der Waals surface area contributed by atoms with Gasteiger partial charge in [0.2, 0.25) is 5.91 Å². The van der Waals surface area contributed by atoms with E-state index in [-0.39, 0.29) is 24.9 Å². The van der Waals surface area contributed by atoms with Crippen molar-refractivity contribution in [2.45, 2.75) is 238 Å². The Morgan fingerprint density at radius 2 is 0.966 bits per heavy atom. The number of aliphatic hydroxyl groups excluding tert-OH is 2. The molecule has 3 unspecified atom stereocenters. The Morgan fingerprint density at radius 3 is 1.45 bits per heavy atom. The van der Waals surface area contributed by atoms with Crippen LogP contribution in [0.3, 0.4) is 0 Å². The maximum absolute atomic E-state index is 13.1. The van der Waals surface area contributed by atoms with E-state index in [0.717, 1.165) is 57.8 Å². The van der Waals surface area contributed by atoms with Crippen LogP contribution < -0.4 is 5.32 Å². The number of esters is 1. The van der Waals surface area contributed by atoms with Gasteiger partial charge in [-0.3, -0.25) is 9.59 Å². The summed E-state index contributed by atoms with van der Waals surface area (Å²) in [5.74, 6) is -0.630. The second-order valence-corrected chi connectivity index (χ2v) is 16.3. The van der Waals surface area contributed by atoms with E-state index in [2.05, 4.69) is 44.3 Å². The molecule has 58 heavy (non-hydrogen) atoms. The number of carbonyl (C=O) groups is 2. The highest BCUT2D eigenvalue weighted by Crippen LogP contribution is 2.16. The van der Waals surface area contributed by atoms with Crippen molar-refractivity contribution in [3.05, 3.63) is 72.9 Å². The van der Waals surface area contributed by atoms with Gasteiger partial charge in [-0.2, -0.15) is 0 Å². The van der Waals surface area contributed by atoms with Gasteiger partial charge >= 0.3 is 5.97 Å². The Balaban J connectivity index is 4.67. The molecule has 0 aromatic heterocycles. The van der Waals surface area contributed by atoms with Gasteiger partial charge in [0.15, 0.2) is 0 Å². The molecule has 6 nitrogen and oxygen atoms in total. The lowest BCUT2D eigenvalue weighted by Crippen LogP contribution is -2.46. The third-order valence-corrected chi connectivity index (χ3v) is 10.6. The van der Waals surface area contributed by atoms with Crippen LogP contribution in [0.25, 0.3) is 0 Å². The van der Waals surface area contributed by atoms with Gasteiger partial charge in [-0.15, -0.1) is 0 Å². The molecule has 1 amide bonds. The third kappa shape index (κ3) is 40.1. The van der Waals surface area contributed by atoms with Gasteiger partial charge in [0.25, 0.3) is 0 Å². The second-order valence-electron chi connectivity index (χ2n) is 16.3. The number of hydrogen-bond donors (Lipinski definition) is 3. The zero-order valence-electron chi connectivity index (χ0n) is 37.9. The fourth-order valence-electron chi connectivity index (χ4n) is 6.97. The topological polar surface area (TPSA) is 95.9 Å². The van der Waals surface area contributed by atoms with Gasteiger partial charge in [-0.25, -0.2) is 0 Å². The molecule has 0 saturated heterocycles. The highest BCUT2D eigenvalue weighted by Gasteiger charge is 2.23. The van der Waals surface area contributed by atoms with Gasteiger partial charge in [-0.1, -0.05) is 229 Å². The Morgan fingerprint density at radius 1 is 0.534 bits per heavy atom. The normalized spacial score (nSPS) is 13.9. The van der Waals surface area contributed by atoms with Crippen LogP contribution in [0.4, 0.5) is 0 Å². The first kappa shape index (κ1) is 55.3. The van der Waals surface area contributed by atoms with Crippen molar-refractivity contribution in [3.63, 3.8) is 0 Å². The van der Waals surface area contributed by atoms with Gasteiger partial charge in [0, 0.05) is 12.8 Å². The molecule has 0 aliphatic carbocycles. The number of ether oxygens (including phenoxy) is 1. The fourth-order valence-corrected chi connectivity index (χ4v) is 6.97. The summed E-state index contributed by atoms with van der Waals surface area (Å²) in [5.41, 5.74) is 0. The molecule has 3 atom stereocenters. The monoisotopic (exact) mass is 810 g/mol. The molecule has 0 aliphatic rings. The minimum Gasteiger partial charge on any atom is -0.461 e. The molecule has 0 aliphatic heterocycles. The minimum absolute atomic E-state index is 0.0264. The summed E-state index contributed by atoms with van der Waals surface area (Å²) in [4.78, 5) is 26.0. The SMILES string of the molecule is CC/C=C/C=C/C=C\C=C/C=C/CC(CC(=O)NC(CO)C(O)CCCCCCCCCCCCCCCCC)OC(=O)CCCCC/C=C\CCCCCCCC. The van der Waals surface area contributed by atoms with E-state index in [1.165, 1.54) is 116 Å². The molecule has 0 rings (SSSR count). The van der Waals surface area contributed by atoms with Crippen LogP contribution in [0.15, 0.2) is 72.9 Å². The van der Waals surface area contributed by atoms with Crippen LogP contribution in [0, 0.1) is 0 Å². The maximum Gasteiger partial charge on any atom is 0.306 e. The summed E-state index contributed by atoms with van der Waals surface area (Å²) in [7, 11) is 0. The lowest BCUT2D eigenvalue weighted by Gasteiger charge is -2.24. The number of amides is 1. The van der Waals surface area contributed by atoms with Crippen molar-refractivity contribution < 1.29 is 24.5 Å². The van der Waals surface area contributed by atoms with Crippen molar-refractivity contribution in [2.24, 2.45) is 0 Å². The molecular weight excluding hydrogens is 719 g/mol. The minimum atomic E-state index is -0.821. The molecule has 0 bridgehead atoms. The summed E-state index contributed by atoms with van der Waals surface area (Å²) in [6, 6.07) is -0.743. The van der Waals surface area contributed by atoms with E-state index in [0.29, 0.717) is 19.3 Å². The smallest absolute Gasteiger partial charge is 0.306 e. The predicted molar refractivity (Wildman–Crippen MR) is 250 cm³/mol. The highest BCUT2D eigenvalue weighted by atomic mass is 16.5. The number of unbranched alkanes of at least 4 members (excludes halogenated alkanes) is 23. The zero-order chi connectivity index (χ0) is 42.4. The molecule has 0 aromatic carbocycles. The first-order valence-corrected chi connectivity index (χ1v) is 24.2. The summed E-state index contributed by atoms with van der Waals surface area (Å²) in [6.45, 7) is 6.28. The van der Waals surface area contributed by atoms with Gasteiger partial charge in [0.05, 0.1) is 25.2 Å². The third-order valence-electron chi connectivity index (χ3n) is 10.6. The molecular formula is C52H91NO5. The van der Waals surface area contributed by atoms with Crippen molar-refractivity contribution in [1.29, 1.82) is 0 Å². The zero-order valence-corrected chi connectivity index (χ0v) is 37.9. The molecule has 0 fully saturated rings. The van der Waals surface area contributed by atoms with Crippen LogP contribution in [-0.4, -0.2) is 46.9 Å². The molecule has 0 aromatic rings. The van der Waals surface area contributed by atoms with Gasteiger partial charge in [-0.05, 0) is 44.9 Å². The number of carbonyl (C=O) groups excluding carboxylic acids is 2. The quantitative estimate of drug-likeness (QED) is 0.0247.